The van der Waals surface area contributed by atoms with Crippen molar-refractivity contribution in [1.82, 2.24) is 0 Å². The van der Waals surface area contributed by atoms with Crippen molar-refractivity contribution in [2.45, 2.75) is 65.0 Å². The SMILES string of the molecule is CCC1OC(c2ccc(Cl)c(Cc3ccc(OC)cc3)c2)[C@H](OC(C)=O)C(OC(C)=O)[C@@H]1C. The van der Waals surface area contributed by atoms with Gasteiger partial charge in [0.05, 0.1) is 13.2 Å². The largest absolute Gasteiger partial charge is 0.497 e. The molecule has 33 heavy (non-hydrogen) atoms. The van der Waals surface area contributed by atoms with Gasteiger partial charge in [-0.3, -0.25) is 9.59 Å². The number of halogens is 1. The third-order valence-corrected chi connectivity index (χ3v) is 6.38. The van der Waals surface area contributed by atoms with Gasteiger partial charge < -0.3 is 18.9 Å². The maximum atomic E-state index is 11.9. The summed E-state index contributed by atoms with van der Waals surface area (Å²) in [6.07, 6.45) is -0.787. The van der Waals surface area contributed by atoms with Gasteiger partial charge >= 0.3 is 11.9 Å². The molecule has 0 spiro atoms. The Labute approximate surface area is 200 Å². The maximum absolute atomic E-state index is 11.9. The van der Waals surface area contributed by atoms with Gasteiger partial charge in [0.2, 0.25) is 0 Å². The first kappa shape index (κ1) is 25.1. The third-order valence-electron chi connectivity index (χ3n) is 6.01. The molecule has 7 heteroatoms. The fourth-order valence-electron chi connectivity index (χ4n) is 4.37. The minimum Gasteiger partial charge on any atom is -0.497 e. The van der Waals surface area contributed by atoms with Crippen molar-refractivity contribution < 1.29 is 28.5 Å². The summed E-state index contributed by atoms with van der Waals surface area (Å²) in [5.74, 6) is -0.226. The van der Waals surface area contributed by atoms with Crippen LogP contribution >= 0.6 is 11.6 Å². The molecule has 6 nitrogen and oxygen atoms in total. The summed E-state index contributed by atoms with van der Waals surface area (Å²) >= 11 is 6.52. The van der Waals surface area contributed by atoms with Crippen molar-refractivity contribution in [3.8, 4) is 5.75 Å². The van der Waals surface area contributed by atoms with E-state index in [1.807, 2.05) is 56.3 Å². The van der Waals surface area contributed by atoms with Gasteiger partial charge in [-0.15, -0.1) is 0 Å². The molecule has 178 valence electrons. The molecule has 0 amide bonds. The van der Waals surface area contributed by atoms with Gasteiger partial charge in [0.25, 0.3) is 0 Å². The Balaban J connectivity index is 1.97. The number of ether oxygens (including phenoxy) is 4. The zero-order valence-electron chi connectivity index (χ0n) is 19.7. The van der Waals surface area contributed by atoms with Crippen LogP contribution in [0.5, 0.6) is 5.75 Å². The summed E-state index contributed by atoms with van der Waals surface area (Å²) in [5, 5.41) is 0.631. The molecule has 2 aromatic rings. The first-order chi connectivity index (χ1) is 15.7. The topological polar surface area (TPSA) is 71.1 Å². The predicted molar refractivity (Wildman–Crippen MR) is 125 cm³/mol. The third kappa shape index (κ3) is 6.06. The summed E-state index contributed by atoms with van der Waals surface area (Å²) in [4.78, 5) is 23.8. The Morgan fingerprint density at radius 3 is 2.21 bits per heavy atom. The van der Waals surface area contributed by atoms with Crippen LogP contribution in [0.15, 0.2) is 42.5 Å². The molecule has 1 aliphatic heterocycles. The molecule has 0 radical (unpaired) electrons. The Morgan fingerprint density at radius 1 is 1.00 bits per heavy atom. The minimum atomic E-state index is -0.765. The van der Waals surface area contributed by atoms with Crippen LogP contribution in [0, 0.1) is 5.92 Å². The Hall–Kier alpha value is -2.57. The van der Waals surface area contributed by atoms with Crippen LogP contribution in [0.25, 0.3) is 0 Å². The molecule has 0 aromatic heterocycles. The highest BCUT2D eigenvalue weighted by atomic mass is 35.5. The average molecular weight is 475 g/mol. The lowest BCUT2D eigenvalue weighted by Crippen LogP contribution is -2.52. The lowest BCUT2D eigenvalue weighted by Gasteiger charge is -2.44. The fraction of sp³-hybridized carbons (Fsp3) is 0.462. The van der Waals surface area contributed by atoms with E-state index in [2.05, 4.69) is 0 Å². The van der Waals surface area contributed by atoms with E-state index < -0.39 is 30.3 Å². The van der Waals surface area contributed by atoms with Gasteiger partial charge in [-0.25, -0.2) is 0 Å². The van der Waals surface area contributed by atoms with Crippen LogP contribution in [-0.2, 0) is 30.2 Å². The van der Waals surface area contributed by atoms with Crippen molar-refractivity contribution in [2.24, 2.45) is 5.92 Å². The molecule has 0 N–H and O–H groups in total. The van der Waals surface area contributed by atoms with Crippen LogP contribution in [0.4, 0.5) is 0 Å². The number of hydrogen-bond donors (Lipinski definition) is 0. The van der Waals surface area contributed by atoms with E-state index in [1.165, 1.54) is 13.8 Å². The zero-order chi connectivity index (χ0) is 24.1. The van der Waals surface area contributed by atoms with Crippen LogP contribution in [0.1, 0.15) is 56.9 Å². The second-order valence-corrected chi connectivity index (χ2v) is 8.79. The lowest BCUT2D eigenvalue weighted by molar-refractivity contribution is -0.225. The minimum absolute atomic E-state index is 0.134. The molecule has 2 aromatic carbocycles. The molecular weight excluding hydrogens is 444 g/mol. The van der Waals surface area contributed by atoms with E-state index in [4.69, 9.17) is 30.5 Å². The molecule has 3 rings (SSSR count). The van der Waals surface area contributed by atoms with E-state index in [1.54, 1.807) is 7.11 Å². The second-order valence-electron chi connectivity index (χ2n) is 8.39. The number of methoxy groups -OCH3 is 1. The molecule has 0 bridgehead atoms. The molecule has 1 saturated heterocycles. The quantitative estimate of drug-likeness (QED) is 0.508. The van der Waals surface area contributed by atoms with Crippen LogP contribution < -0.4 is 4.74 Å². The molecule has 1 aliphatic rings. The maximum Gasteiger partial charge on any atom is 0.303 e. The van der Waals surface area contributed by atoms with Gasteiger partial charge in [0.15, 0.2) is 6.10 Å². The van der Waals surface area contributed by atoms with Gasteiger partial charge in [-0.1, -0.05) is 49.7 Å². The van der Waals surface area contributed by atoms with E-state index in [9.17, 15) is 9.59 Å². The summed E-state index contributed by atoms with van der Waals surface area (Å²) < 4.78 is 22.9. The number of benzene rings is 2. The number of hydrogen-bond acceptors (Lipinski definition) is 6. The summed E-state index contributed by atoms with van der Waals surface area (Å²) in [5.41, 5.74) is 2.81. The van der Waals surface area contributed by atoms with Gasteiger partial charge in [-0.05, 0) is 47.7 Å². The van der Waals surface area contributed by atoms with Crippen molar-refractivity contribution >= 4 is 23.5 Å². The Kier molecular flexibility index (Phi) is 8.38. The normalized spacial score (nSPS) is 24.7. The fourth-order valence-corrected chi connectivity index (χ4v) is 4.55. The highest BCUT2D eigenvalue weighted by Gasteiger charge is 2.47. The monoisotopic (exact) mass is 474 g/mol. The zero-order valence-corrected chi connectivity index (χ0v) is 20.4. The predicted octanol–water partition coefficient (Wildman–Crippen LogP) is 5.29. The highest BCUT2D eigenvalue weighted by molar-refractivity contribution is 6.31. The van der Waals surface area contributed by atoms with Crippen molar-refractivity contribution in [3.05, 3.63) is 64.2 Å². The van der Waals surface area contributed by atoms with Gasteiger partial charge in [-0.2, -0.15) is 0 Å². The van der Waals surface area contributed by atoms with Crippen LogP contribution in [-0.4, -0.2) is 37.4 Å². The highest BCUT2D eigenvalue weighted by Crippen LogP contribution is 2.40. The van der Waals surface area contributed by atoms with E-state index in [0.717, 1.165) is 28.9 Å². The standard InChI is InChI=1S/C26H31ClO6/c1-6-23-15(2)24(31-16(3)28)26(32-17(4)29)25(33-23)19-9-12-22(27)20(14-19)13-18-7-10-21(30-5)11-8-18/h7-12,14-15,23-26H,6,13H2,1-5H3/t15-,23?,24?,25?,26-/m1/s1. The average Bonchev–Trinajstić information content (AvgIpc) is 2.78. The number of carbonyl (C=O) groups is 2. The van der Waals surface area contributed by atoms with Gasteiger partial charge in [0, 0.05) is 24.8 Å². The molecule has 5 atom stereocenters. The van der Waals surface area contributed by atoms with Crippen molar-refractivity contribution in [2.75, 3.05) is 7.11 Å². The first-order valence-corrected chi connectivity index (χ1v) is 11.5. The van der Waals surface area contributed by atoms with E-state index in [0.29, 0.717) is 11.4 Å². The van der Waals surface area contributed by atoms with Crippen molar-refractivity contribution in [1.29, 1.82) is 0 Å². The first-order valence-electron chi connectivity index (χ1n) is 11.1. The summed E-state index contributed by atoms with van der Waals surface area (Å²) in [6, 6.07) is 13.5. The van der Waals surface area contributed by atoms with E-state index >= 15 is 0 Å². The number of esters is 2. The molecule has 3 unspecified atom stereocenters. The van der Waals surface area contributed by atoms with E-state index in [-0.39, 0.29) is 12.0 Å². The number of rotatable bonds is 7. The molecule has 0 aliphatic carbocycles. The molecular formula is C26H31ClO6. The molecule has 1 heterocycles. The lowest BCUT2D eigenvalue weighted by atomic mass is 9.84. The Bertz CT molecular complexity index is 973. The van der Waals surface area contributed by atoms with Crippen LogP contribution in [0.2, 0.25) is 5.02 Å². The number of carbonyl (C=O) groups excluding carboxylic acids is 2. The summed E-state index contributed by atoms with van der Waals surface area (Å²) in [6.45, 7) is 6.67. The van der Waals surface area contributed by atoms with Crippen molar-refractivity contribution in [3.63, 3.8) is 0 Å². The second kappa shape index (κ2) is 11.0. The Morgan fingerprint density at radius 2 is 1.64 bits per heavy atom. The molecule has 0 saturated carbocycles. The van der Waals surface area contributed by atoms with Gasteiger partial charge in [0.1, 0.15) is 18.0 Å². The smallest absolute Gasteiger partial charge is 0.303 e. The summed E-state index contributed by atoms with van der Waals surface area (Å²) in [7, 11) is 1.63. The molecule has 1 fully saturated rings. The van der Waals surface area contributed by atoms with Crippen LogP contribution in [0.3, 0.4) is 0 Å².